The number of amides is 1. The molecule has 0 saturated heterocycles. The molecular weight excluding hydrogens is 416 g/mol. The predicted molar refractivity (Wildman–Crippen MR) is 120 cm³/mol. The normalized spacial score (nSPS) is 10.8. The van der Waals surface area contributed by atoms with Gasteiger partial charge in [0.2, 0.25) is 5.91 Å². The van der Waals surface area contributed by atoms with Crippen molar-refractivity contribution in [1.29, 1.82) is 0 Å². The number of methoxy groups -OCH3 is 2. The Labute approximate surface area is 182 Å². The zero-order valence-electron chi connectivity index (χ0n) is 17.2. The summed E-state index contributed by atoms with van der Waals surface area (Å²) in [5, 5.41) is 3.25. The quantitative estimate of drug-likeness (QED) is 0.497. The van der Waals surface area contributed by atoms with Crippen LogP contribution in [0.25, 0.3) is 22.3 Å². The second kappa shape index (κ2) is 8.57. The van der Waals surface area contributed by atoms with Crippen molar-refractivity contribution < 1.29 is 14.3 Å². The zero-order valence-corrected chi connectivity index (χ0v) is 18.0. The Morgan fingerprint density at radius 1 is 1.13 bits per heavy atom. The highest BCUT2D eigenvalue weighted by Gasteiger charge is 2.15. The molecule has 0 bridgehead atoms. The molecule has 0 aliphatic heterocycles. The molecule has 0 aliphatic carbocycles. The lowest BCUT2D eigenvalue weighted by Crippen LogP contribution is -2.27. The fraction of sp³-hybridized carbons (Fsp3) is 0.182. The summed E-state index contributed by atoms with van der Waals surface area (Å²) in [6.07, 6.45) is 1.22. The summed E-state index contributed by atoms with van der Waals surface area (Å²) in [6.45, 7) is 1.80. The lowest BCUT2D eigenvalue weighted by Gasteiger charge is -2.09. The number of carbonyl (C=O) groups excluding carboxylic acids is 1. The Balaban J connectivity index is 1.57. The minimum absolute atomic E-state index is 0.133. The molecule has 31 heavy (non-hydrogen) atoms. The highest BCUT2D eigenvalue weighted by Crippen LogP contribution is 2.36. The molecule has 2 heterocycles. The highest BCUT2D eigenvalue weighted by atomic mass is 32.1. The summed E-state index contributed by atoms with van der Waals surface area (Å²) in [5.41, 5.74) is 2.51. The minimum atomic E-state index is -0.342. The van der Waals surface area contributed by atoms with Gasteiger partial charge in [0.05, 0.1) is 37.1 Å². The summed E-state index contributed by atoms with van der Waals surface area (Å²) < 4.78 is 12.0. The number of nitrogens with one attached hydrogen (secondary N) is 1. The third-order valence-electron chi connectivity index (χ3n) is 4.75. The van der Waals surface area contributed by atoms with E-state index in [9.17, 15) is 9.59 Å². The monoisotopic (exact) mass is 436 g/mol. The molecule has 2 aromatic carbocycles. The molecule has 0 spiro atoms. The second-order valence-corrected chi connectivity index (χ2v) is 7.92. The SMILES string of the molecule is COc1ccc(-c2nc(NC(=O)Cn3c(=O)cnc4ccccc43)sc2C)cc1OC. The van der Waals surface area contributed by atoms with Crippen LogP contribution in [0.4, 0.5) is 5.13 Å². The number of nitrogens with zero attached hydrogens (tertiary/aromatic N) is 3. The van der Waals surface area contributed by atoms with E-state index >= 15 is 0 Å². The Bertz CT molecular complexity index is 1330. The van der Waals surface area contributed by atoms with Crippen LogP contribution in [0, 0.1) is 6.92 Å². The van der Waals surface area contributed by atoms with Gasteiger partial charge in [-0.2, -0.15) is 0 Å². The van der Waals surface area contributed by atoms with Crippen LogP contribution in [0.1, 0.15) is 4.88 Å². The van der Waals surface area contributed by atoms with Crippen molar-refractivity contribution in [3.63, 3.8) is 0 Å². The zero-order chi connectivity index (χ0) is 22.0. The van der Waals surface area contributed by atoms with Crippen molar-refractivity contribution in [1.82, 2.24) is 14.5 Å². The van der Waals surface area contributed by atoms with Gasteiger partial charge in [-0.05, 0) is 37.3 Å². The molecule has 1 amide bonds. The van der Waals surface area contributed by atoms with Crippen molar-refractivity contribution in [2.75, 3.05) is 19.5 Å². The summed E-state index contributed by atoms with van der Waals surface area (Å²) in [7, 11) is 3.16. The van der Waals surface area contributed by atoms with Gasteiger partial charge in [0.15, 0.2) is 16.6 Å². The molecule has 158 valence electrons. The average molecular weight is 436 g/mol. The van der Waals surface area contributed by atoms with E-state index in [4.69, 9.17) is 9.47 Å². The van der Waals surface area contributed by atoms with Crippen molar-refractivity contribution in [3.05, 3.63) is 63.9 Å². The summed E-state index contributed by atoms with van der Waals surface area (Å²) >= 11 is 1.36. The lowest BCUT2D eigenvalue weighted by molar-refractivity contribution is -0.116. The van der Waals surface area contributed by atoms with E-state index in [1.807, 2.05) is 31.2 Å². The lowest BCUT2D eigenvalue weighted by atomic mass is 10.1. The largest absolute Gasteiger partial charge is 0.493 e. The van der Waals surface area contributed by atoms with Crippen LogP contribution in [0.3, 0.4) is 0 Å². The molecule has 0 atom stereocenters. The maximum atomic E-state index is 12.7. The first-order valence-corrected chi connectivity index (χ1v) is 10.3. The average Bonchev–Trinajstić information content (AvgIpc) is 3.14. The number of para-hydroxylation sites is 2. The number of anilines is 1. The molecule has 2 aromatic heterocycles. The van der Waals surface area contributed by atoms with Crippen LogP contribution in [-0.2, 0) is 11.3 Å². The molecule has 4 aromatic rings. The first-order valence-electron chi connectivity index (χ1n) is 9.44. The second-order valence-electron chi connectivity index (χ2n) is 6.71. The van der Waals surface area contributed by atoms with E-state index in [1.165, 1.54) is 22.1 Å². The highest BCUT2D eigenvalue weighted by molar-refractivity contribution is 7.16. The molecule has 4 rings (SSSR count). The van der Waals surface area contributed by atoms with Gasteiger partial charge in [-0.15, -0.1) is 11.3 Å². The van der Waals surface area contributed by atoms with Crippen LogP contribution >= 0.6 is 11.3 Å². The number of fused-ring (bicyclic) bond motifs is 1. The number of benzene rings is 2. The van der Waals surface area contributed by atoms with Gasteiger partial charge in [-0.3, -0.25) is 14.2 Å². The van der Waals surface area contributed by atoms with Crippen LogP contribution < -0.4 is 20.3 Å². The fourth-order valence-corrected chi connectivity index (χ4v) is 4.13. The first kappa shape index (κ1) is 20.5. The fourth-order valence-electron chi connectivity index (χ4n) is 3.28. The maximum Gasteiger partial charge on any atom is 0.269 e. The van der Waals surface area contributed by atoms with Crippen LogP contribution in [-0.4, -0.2) is 34.7 Å². The van der Waals surface area contributed by atoms with Crippen molar-refractivity contribution in [2.24, 2.45) is 0 Å². The van der Waals surface area contributed by atoms with Gasteiger partial charge >= 0.3 is 0 Å². The van der Waals surface area contributed by atoms with Crippen molar-refractivity contribution in [3.8, 4) is 22.8 Å². The topological polar surface area (TPSA) is 95.3 Å². The van der Waals surface area contributed by atoms with E-state index in [0.717, 1.165) is 16.1 Å². The van der Waals surface area contributed by atoms with Gasteiger partial charge in [0.25, 0.3) is 5.56 Å². The van der Waals surface area contributed by atoms with E-state index in [0.29, 0.717) is 27.7 Å². The molecule has 0 saturated carbocycles. The third kappa shape index (κ3) is 4.13. The molecular formula is C22H20N4O4S. The molecule has 0 radical (unpaired) electrons. The van der Waals surface area contributed by atoms with Crippen LogP contribution in [0.5, 0.6) is 11.5 Å². The number of thiazole rings is 1. The number of ether oxygens (including phenoxy) is 2. The van der Waals surface area contributed by atoms with Crippen LogP contribution in [0.2, 0.25) is 0 Å². The van der Waals surface area contributed by atoms with E-state index in [-0.39, 0.29) is 18.0 Å². The minimum Gasteiger partial charge on any atom is -0.493 e. The van der Waals surface area contributed by atoms with E-state index in [1.54, 1.807) is 32.4 Å². The molecule has 0 unspecified atom stereocenters. The Hall–Kier alpha value is -3.72. The maximum absolute atomic E-state index is 12.7. The Morgan fingerprint density at radius 3 is 2.68 bits per heavy atom. The number of rotatable bonds is 6. The van der Waals surface area contributed by atoms with Gasteiger partial charge in [0.1, 0.15) is 6.54 Å². The summed E-state index contributed by atoms with van der Waals surface area (Å²) in [6, 6.07) is 12.7. The van der Waals surface area contributed by atoms with Gasteiger partial charge in [0, 0.05) is 10.4 Å². The molecule has 1 N–H and O–H groups in total. The summed E-state index contributed by atoms with van der Waals surface area (Å²) in [4.78, 5) is 34.5. The number of hydrogen-bond acceptors (Lipinski definition) is 7. The molecule has 9 heteroatoms. The van der Waals surface area contributed by atoms with Gasteiger partial charge in [-0.1, -0.05) is 12.1 Å². The van der Waals surface area contributed by atoms with E-state index in [2.05, 4.69) is 15.3 Å². The standard InChI is InChI=1S/C22H20N4O4S/c1-13-21(14-8-9-17(29-2)18(10-14)30-3)25-22(31-13)24-19(27)12-26-16-7-5-4-6-15(16)23-11-20(26)28/h4-11H,12H2,1-3H3,(H,24,25,27). The molecule has 0 fully saturated rings. The van der Waals surface area contributed by atoms with Crippen molar-refractivity contribution in [2.45, 2.75) is 13.5 Å². The number of aryl methyl sites for hydroxylation is 1. The summed E-state index contributed by atoms with van der Waals surface area (Å²) in [5.74, 6) is 0.885. The van der Waals surface area contributed by atoms with E-state index < -0.39 is 0 Å². The number of hydrogen-bond donors (Lipinski definition) is 1. The first-order chi connectivity index (χ1) is 15.0. The van der Waals surface area contributed by atoms with Gasteiger partial charge in [-0.25, -0.2) is 9.97 Å². The smallest absolute Gasteiger partial charge is 0.269 e. The number of carbonyl (C=O) groups is 1. The van der Waals surface area contributed by atoms with Crippen LogP contribution in [0.15, 0.2) is 53.5 Å². The third-order valence-corrected chi connectivity index (χ3v) is 5.64. The Morgan fingerprint density at radius 2 is 1.90 bits per heavy atom. The number of aromatic nitrogens is 3. The molecule has 0 aliphatic rings. The van der Waals surface area contributed by atoms with Gasteiger partial charge < -0.3 is 14.8 Å². The predicted octanol–water partition coefficient (Wildman–Crippen LogP) is 3.48. The Kier molecular flexibility index (Phi) is 5.68. The molecule has 8 nitrogen and oxygen atoms in total. The van der Waals surface area contributed by atoms with Crippen molar-refractivity contribution >= 4 is 33.4 Å².